The summed E-state index contributed by atoms with van der Waals surface area (Å²) in [6.45, 7) is 2.00. The maximum absolute atomic E-state index is 13.3. The molecular weight excluding hydrogens is 341 g/mol. The van der Waals surface area contributed by atoms with Crippen LogP contribution in [0.2, 0.25) is 0 Å². The molecule has 3 aliphatic rings. The third-order valence-corrected chi connectivity index (χ3v) is 6.14. The predicted molar refractivity (Wildman–Crippen MR) is 101 cm³/mol. The van der Waals surface area contributed by atoms with Crippen molar-refractivity contribution in [2.45, 2.75) is 6.92 Å². The van der Waals surface area contributed by atoms with Crippen molar-refractivity contribution < 1.29 is 14.0 Å². The number of fused-ring (bicyclic) bond motifs is 5. The monoisotopic (exact) mass is 359 g/mol. The van der Waals surface area contributed by atoms with E-state index < -0.39 is 0 Å². The summed E-state index contributed by atoms with van der Waals surface area (Å²) in [4.78, 5) is 27.6. The number of halogens is 1. The summed E-state index contributed by atoms with van der Waals surface area (Å²) >= 11 is 0. The van der Waals surface area contributed by atoms with Crippen molar-refractivity contribution in [3.05, 3.63) is 83.7 Å². The van der Waals surface area contributed by atoms with Crippen molar-refractivity contribution in [2.24, 2.45) is 23.7 Å². The van der Waals surface area contributed by atoms with Crippen LogP contribution in [0, 0.1) is 29.5 Å². The van der Waals surface area contributed by atoms with Crippen LogP contribution in [0.4, 0.5) is 10.1 Å². The van der Waals surface area contributed by atoms with E-state index in [0.29, 0.717) is 5.69 Å². The van der Waals surface area contributed by atoms with Crippen molar-refractivity contribution in [1.82, 2.24) is 0 Å². The molecule has 0 N–H and O–H groups in total. The molecule has 3 nitrogen and oxygen atoms in total. The van der Waals surface area contributed by atoms with Gasteiger partial charge in [-0.3, -0.25) is 9.59 Å². The largest absolute Gasteiger partial charge is 0.274 e. The number of benzene rings is 2. The zero-order valence-corrected chi connectivity index (χ0v) is 14.8. The fourth-order valence-corrected chi connectivity index (χ4v) is 4.96. The zero-order chi connectivity index (χ0) is 18.7. The number of anilines is 1. The van der Waals surface area contributed by atoms with Gasteiger partial charge in [0, 0.05) is 11.8 Å². The van der Waals surface area contributed by atoms with E-state index in [0.717, 1.165) is 16.7 Å². The Hall–Kier alpha value is -3.01. The van der Waals surface area contributed by atoms with Crippen molar-refractivity contribution >= 4 is 23.1 Å². The molecule has 27 heavy (non-hydrogen) atoms. The maximum atomic E-state index is 13.3. The molecular formula is C23H18FNO2. The topological polar surface area (TPSA) is 37.4 Å². The summed E-state index contributed by atoms with van der Waals surface area (Å²) in [5, 5.41) is 0. The van der Waals surface area contributed by atoms with E-state index in [2.05, 4.69) is 12.2 Å². The highest BCUT2D eigenvalue weighted by molar-refractivity contribution is 6.23. The standard InChI is InChI=1S/C23H18FNO2/c1-13(14-7-9-15(24)10-8-14)19-17-11-12-18(19)21-20(17)22(26)25(23(21)27)16-5-3-2-4-6-16/h2-12,17-18,20-21H,1H3/t17-,18+,20-,21+. The predicted octanol–water partition coefficient (Wildman–Crippen LogP) is 4.22. The average Bonchev–Trinajstić information content (AvgIpc) is 3.32. The SMILES string of the molecule is CC(=C1[C@H]2C=C[C@@H]1[C@@H]1C(=O)N(c3ccccc3)C(=O)[C@@H]12)c1ccc(F)cc1. The van der Waals surface area contributed by atoms with Gasteiger partial charge >= 0.3 is 0 Å². The molecule has 0 aromatic heterocycles. The van der Waals surface area contributed by atoms with Gasteiger partial charge in [0.1, 0.15) is 5.82 Å². The Morgan fingerprint density at radius 3 is 1.96 bits per heavy atom. The molecule has 2 fully saturated rings. The Morgan fingerprint density at radius 1 is 0.852 bits per heavy atom. The molecule has 0 radical (unpaired) electrons. The molecule has 1 saturated heterocycles. The highest BCUT2D eigenvalue weighted by atomic mass is 19.1. The van der Waals surface area contributed by atoms with E-state index in [1.54, 1.807) is 24.3 Å². The van der Waals surface area contributed by atoms with E-state index in [-0.39, 0.29) is 41.3 Å². The van der Waals surface area contributed by atoms with Gasteiger partial charge in [0.05, 0.1) is 17.5 Å². The second-order valence-corrected chi connectivity index (χ2v) is 7.42. The first-order valence-electron chi connectivity index (χ1n) is 9.15. The van der Waals surface area contributed by atoms with Gasteiger partial charge < -0.3 is 0 Å². The fourth-order valence-electron chi connectivity index (χ4n) is 4.96. The molecule has 2 aromatic carbocycles. The molecule has 134 valence electrons. The van der Waals surface area contributed by atoms with Gasteiger partial charge in [0.2, 0.25) is 11.8 Å². The lowest BCUT2D eigenvalue weighted by Gasteiger charge is -2.20. The number of hydrogen-bond acceptors (Lipinski definition) is 2. The van der Waals surface area contributed by atoms with Crippen LogP contribution in [0.5, 0.6) is 0 Å². The molecule has 1 aliphatic heterocycles. The zero-order valence-electron chi connectivity index (χ0n) is 14.8. The van der Waals surface area contributed by atoms with Crippen LogP contribution in [0.1, 0.15) is 12.5 Å². The average molecular weight is 359 g/mol. The number of carbonyl (C=O) groups excluding carboxylic acids is 2. The lowest BCUT2D eigenvalue weighted by atomic mass is 9.85. The van der Waals surface area contributed by atoms with Gasteiger partial charge in [-0.05, 0) is 42.3 Å². The minimum Gasteiger partial charge on any atom is -0.274 e. The van der Waals surface area contributed by atoms with Crippen LogP contribution >= 0.6 is 0 Å². The summed E-state index contributed by atoms with van der Waals surface area (Å²) in [6.07, 6.45) is 4.13. The van der Waals surface area contributed by atoms with Gasteiger partial charge in [0.25, 0.3) is 0 Å². The summed E-state index contributed by atoms with van der Waals surface area (Å²) in [5.74, 6) is -1.29. The minimum atomic E-state index is -0.335. The number of amides is 2. The van der Waals surface area contributed by atoms with E-state index in [4.69, 9.17) is 0 Å². The summed E-state index contributed by atoms with van der Waals surface area (Å²) in [7, 11) is 0. The number of hydrogen-bond donors (Lipinski definition) is 0. The van der Waals surface area contributed by atoms with E-state index in [1.165, 1.54) is 17.0 Å². The van der Waals surface area contributed by atoms with Gasteiger partial charge in [-0.25, -0.2) is 9.29 Å². The first-order valence-corrected chi connectivity index (χ1v) is 9.15. The fraction of sp³-hybridized carbons (Fsp3) is 0.217. The molecule has 2 bridgehead atoms. The lowest BCUT2D eigenvalue weighted by Crippen LogP contribution is -2.33. The third kappa shape index (κ3) is 2.19. The van der Waals surface area contributed by atoms with Crippen LogP contribution in [0.15, 0.2) is 72.3 Å². The van der Waals surface area contributed by atoms with Gasteiger partial charge in [-0.1, -0.05) is 48.1 Å². The Morgan fingerprint density at radius 2 is 1.41 bits per heavy atom. The third-order valence-electron chi connectivity index (χ3n) is 6.14. The highest BCUT2D eigenvalue weighted by Gasteiger charge is 2.62. The minimum absolute atomic E-state index is 0.0600. The van der Waals surface area contributed by atoms with Crippen LogP contribution in [0.3, 0.4) is 0 Å². The molecule has 0 unspecified atom stereocenters. The van der Waals surface area contributed by atoms with Crippen LogP contribution in [-0.2, 0) is 9.59 Å². The Balaban J connectivity index is 1.55. The van der Waals surface area contributed by atoms with Gasteiger partial charge in [-0.15, -0.1) is 0 Å². The molecule has 0 spiro atoms. The van der Waals surface area contributed by atoms with Crippen LogP contribution in [0.25, 0.3) is 5.57 Å². The van der Waals surface area contributed by atoms with E-state index in [9.17, 15) is 14.0 Å². The summed E-state index contributed by atoms with van der Waals surface area (Å²) in [6, 6.07) is 15.5. The summed E-state index contributed by atoms with van der Waals surface area (Å²) in [5.41, 5.74) is 3.74. The Labute approximate surface area is 156 Å². The number of rotatable bonds is 2. The number of carbonyl (C=O) groups is 2. The second-order valence-electron chi connectivity index (χ2n) is 7.42. The van der Waals surface area contributed by atoms with Crippen molar-refractivity contribution in [2.75, 3.05) is 4.90 Å². The highest BCUT2D eigenvalue weighted by Crippen LogP contribution is 2.58. The lowest BCUT2D eigenvalue weighted by molar-refractivity contribution is -0.122. The van der Waals surface area contributed by atoms with Crippen molar-refractivity contribution in [1.29, 1.82) is 0 Å². The first kappa shape index (κ1) is 16.2. The Kier molecular flexibility index (Phi) is 3.44. The molecule has 4 heteroatoms. The first-order chi connectivity index (χ1) is 13.1. The molecule has 2 aliphatic carbocycles. The van der Waals surface area contributed by atoms with Gasteiger partial charge in [0.15, 0.2) is 0 Å². The number of imide groups is 1. The van der Waals surface area contributed by atoms with Crippen LogP contribution < -0.4 is 4.90 Å². The Bertz CT molecular complexity index is 972. The maximum Gasteiger partial charge on any atom is 0.238 e. The normalized spacial score (nSPS) is 30.2. The molecule has 5 rings (SSSR count). The molecule has 2 aromatic rings. The van der Waals surface area contributed by atoms with Gasteiger partial charge in [-0.2, -0.15) is 0 Å². The number of para-hydroxylation sites is 1. The number of allylic oxidation sites excluding steroid dienone is 4. The molecule has 2 amide bonds. The van der Waals surface area contributed by atoms with E-state index >= 15 is 0 Å². The quantitative estimate of drug-likeness (QED) is 0.595. The second kappa shape index (κ2) is 5.74. The number of nitrogens with zero attached hydrogens (tertiary/aromatic N) is 1. The summed E-state index contributed by atoms with van der Waals surface area (Å²) < 4.78 is 13.3. The van der Waals surface area contributed by atoms with E-state index in [1.807, 2.05) is 25.1 Å². The molecule has 1 saturated carbocycles. The molecule has 1 heterocycles. The van der Waals surface area contributed by atoms with Crippen molar-refractivity contribution in [3.8, 4) is 0 Å². The smallest absolute Gasteiger partial charge is 0.238 e. The molecule has 4 atom stereocenters. The van der Waals surface area contributed by atoms with Crippen LogP contribution in [-0.4, -0.2) is 11.8 Å². The van der Waals surface area contributed by atoms with Crippen molar-refractivity contribution in [3.63, 3.8) is 0 Å².